The van der Waals surface area contributed by atoms with Crippen molar-refractivity contribution < 1.29 is 9.53 Å². The van der Waals surface area contributed by atoms with E-state index in [9.17, 15) is 4.79 Å². The highest BCUT2D eigenvalue weighted by Gasteiger charge is 2.19. The maximum absolute atomic E-state index is 11.5. The van der Waals surface area contributed by atoms with Crippen molar-refractivity contribution in [2.75, 3.05) is 18.6 Å². The van der Waals surface area contributed by atoms with Crippen molar-refractivity contribution in [2.24, 2.45) is 5.73 Å². The van der Waals surface area contributed by atoms with Crippen LogP contribution in [0.2, 0.25) is 0 Å². The smallest absolute Gasteiger partial charge is 0.324 e. The van der Waals surface area contributed by atoms with Gasteiger partial charge in [0.2, 0.25) is 0 Å². The molecule has 0 saturated carbocycles. The van der Waals surface area contributed by atoms with Crippen LogP contribution in [0, 0.1) is 0 Å². The van der Waals surface area contributed by atoms with Crippen molar-refractivity contribution in [1.29, 1.82) is 0 Å². The molecular weight excluding hydrogens is 252 g/mol. The Bertz CT molecular complexity index is 503. The minimum atomic E-state index is -0.694. The van der Waals surface area contributed by atoms with Crippen molar-refractivity contribution in [3.05, 3.63) is 60.7 Å². The number of esters is 1. The zero-order chi connectivity index (χ0) is 14.4. The van der Waals surface area contributed by atoms with Gasteiger partial charge in [-0.1, -0.05) is 36.4 Å². The van der Waals surface area contributed by atoms with E-state index in [-0.39, 0.29) is 0 Å². The zero-order valence-electron chi connectivity index (χ0n) is 11.4. The quantitative estimate of drug-likeness (QED) is 0.847. The van der Waals surface area contributed by atoms with Crippen LogP contribution in [0.3, 0.4) is 0 Å². The van der Waals surface area contributed by atoms with E-state index in [0.29, 0.717) is 6.54 Å². The maximum Gasteiger partial charge on any atom is 0.324 e. The molecule has 4 nitrogen and oxygen atoms in total. The molecule has 2 aromatic carbocycles. The van der Waals surface area contributed by atoms with E-state index >= 15 is 0 Å². The van der Waals surface area contributed by atoms with Gasteiger partial charge in [0.1, 0.15) is 6.04 Å². The number of anilines is 2. The number of hydrogen-bond acceptors (Lipinski definition) is 4. The molecule has 2 N–H and O–H groups in total. The fourth-order valence-electron chi connectivity index (χ4n) is 2.00. The molecule has 1 atom stereocenters. The monoisotopic (exact) mass is 270 g/mol. The molecule has 2 aromatic rings. The third-order valence-electron chi connectivity index (χ3n) is 3.02. The molecule has 0 bridgehead atoms. The average Bonchev–Trinajstić information content (AvgIpc) is 2.53. The SMILES string of the molecule is COC(=O)C(N)CN(c1ccccc1)c1ccccc1. The molecule has 0 spiro atoms. The number of nitrogens with zero attached hydrogens (tertiary/aromatic N) is 1. The summed E-state index contributed by atoms with van der Waals surface area (Å²) >= 11 is 0. The molecule has 0 aromatic heterocycles. The van der Waals surface area contributed by atoms with E-state index in [1.165, 1.54) is 7.11 Å². The number of carbonyl (C=O) groups is 1. The molecule has 0 aliphatic heterocycles. The molecule has 0 amide bonds. The lowest BCUT2D eigenvalue weighted by atomic mass is 10.2. The van der Waals surface area contributed by atoms with Crippen molar-refractivity contribution in [3.8, 4) is 0 Å². The molecule has 0 radical (unpaired) electrons. The highest BCUT2D eigenvalue weighted by atomic mass is 16.5. The highest BCUT2D eigenvalue weighted by Crippen LogP contribution is 2.24. The van der Waals surface area contributed by atoms with Crippen molar-refractivity contribution in [2.45, 2.75) is 6.04 Å². The van der Waals surface area contributed by atoms with Crippen LogP contribution in [0.4, 0.5) is 11.4 Å². The number of para-hydroxylation sites is 2. The van der Waals surface area contributed by atoms with Gasteiger partial charge in [-0.25, -0.2) is 0 Å². The molecule has 4 heteroatoms. The van der Waals surface area contributed by atoms with E-state index < -0.39 is 12.0 Å². The number of carbonyl (C=O) groups excluding carboxylic acids is 1. The Balaban J connectivity index is 2.28. The highest BCUT2D eigenvalue weighted by molar-refractivity contribution is 5.77. The number of rotatable bonds is 5. The summed E-state index contributed by atoms with van der Waals surface area (Å²) in [4.78, 5) is 13.5. The summed E-state index contributed by atoms with van der Waals surface area (Å²) in [5, 5.41) is 0. The summed E-state index contributed by atoms with van der Waals surface area (Å²) in [6, 6.07) is 19.0. The lowest BCUT2D eigenvalue weighted by Crippen LogP contribution is -2.41. The summed E-state index contributed by atoms with van der Waals surface area (Å²) in [6.07, 6.45) is 0. The third kappa shape index (κ3) is 3.36. The predicted molar refractivity (Wildman–Crippen MR) is 79.9 cm³/mol. The van der Waals surface area contributed by atoms with Crippen LogP contribution in [0.25, 0.3) is 0 Å². The molecule has 1 unspecified atom stereocenters. The Hall–Kier alpha value is -2.33. The van der Waals surface area contributed by atoms with Gasteiger partial charge in [0.05, 0.1) is 7.11 Å². The second kappa shape index (κ2) is 6.73. The Labute approximate surface area is 118 Å². The Morgan fingerprint density at radius 3 is 1.90 bits per heavy atom. The molecule has 2 rings (SSSR count). The summed E-state index contributed by atoms with van der Waals surface area (Å²) in [5.41, 5.74) is 7.86. The maximum atomic E-state index is 11.5. The van der Waals surface area contributed by atoms with Crippen molar-refractivity contribution >= 4 is 17.3 Å². The van der Waals surface area contributed by atoms with E-state index in [1.54, 1.807) is 0 Å². The minimum absolute atomic E-state index is 0.362. The first-order valence-corrected chi connectivity index (χ1v) is 6.43. The standard InChI is InChI=1S/C16H18N2O2/c1-20-16(19)15(17)12-18(13-8-4-2-5-9-13)14-10-6-3-7-11-14/h2-11,15H,12,17H2,1H3. The minimum Gasteiger partial charge on any atom is -0.468 e. The van der Waals surface area contributed by atoms with Gasteiger partial charge in [-0.2, -0.15) is 0 Å². The summed E-state index contributed by atoms with van der Waals surface area (Å²) in [7, 11) is 1.34. The van der Waals surface area contributed by atoms with Gasteiger partial charge in [0.15, 0.2) is 0 Å². The van der Waals surface area contributed by atoms with Gasteiger partial charge in [-0.05, 0) is 24.3 Å². The Morgan fingerprint density at radius 2 is 1.50 bits per heavy atom. The molecule has 20 heavy (non-hydrogen) atoms. The second-order valence-corrected chi connectivity index (χ2v) is 4.41. The van der Waals surface area contributed by atoms with Crippen LogP contribution in [0.15, 0.2) is 60.7 Å². The van der Waals surface area contributed by atoms with Crippen LogP contribution < -0.4 is 10.6 Å². The van der Waals surface area contributed by atoms with E-state index in [2.05, 4.69) is 0 Å². The van der Waals surface area contributed by atoms with Gasteiger partial charge in [0.25, 0.3) is 0 Å². The molecule has 0 aliphatic carbocycles. The fraction of sp³-hybridized carbons (Fsp3) is 0.188. The molecule has 0 fully saturated rings. The number of benzene rings is 2. The second-order valence-electron chi connectivity index (χ2n) is 4.41. The number of hydrogen-bond donors (Lipinski definition) is 1. The number of ether oxygens (including phenoxy) is 1. The molecule has 104 valence electrons. The van der Waals surface area contributed by atoms with E-state index in [1.807, 2.05) is 65.6 Å². The summed E-state index contributed by atoms with van der Waals surface area (Å²) < 4.78 is 4.69. The Kier molecular flexibility index (Phi) is 4.74. The first-order valence-electron chi connectivity index (χ1n) is 6.43. The van der Waals surface area contributed by atoms with Crippen molar-refractivity contribution in [1.82, 2.24) is 0 Å². The van der Waals surface area contributed by atoms with E-state index in [4.69, 9.17) is 10.5 Å². The lowest BCUT2D eigenvalue weighted by molar-refractivity contribution is -0.141. The van der Waals surface area contributed by atoms with Gasteiger partial charge in [0, 0.05) is 17.9 Å². The fourth-order valence-corrected chi connectivity index (χ4v) is 2.00. The van der Waals surface area contributed by atoms with Gasteiger partial charge < -0.3 is 15.4 Å². The largest absolute Gasteiger partial charge is 0.468 e. The average molecular weight is 270 g/mol. The Morgan fingerprint density at radius 1 is 1.05 bits per heavy atom. The van der Waals surface area contributed by atoms with Crippen LogP contribution in [0.1, 0.15) is 0 Å². The van der Waals surface area contributed by atoms with Crippen molar-refractivity contribution in [3.63, 3.8) is 0 Å². The number of nitrogens with two attached hydrogens (primary N) is 1. The molecule has 0 aliphatic rings. The normalized spacial score (nSPS) is 11.7. The molecular formula is C16H18N2O2. The van der Waals surface area contributed by atoms with Crippen LogP contribution in [-0.2, 0) is 9.53 Å². The van der Waals surface area contributed by atoms with Gasteiger partial charge >= 0.3 is 5.97 Å². The van der Waals surface area contributed by atoms with Crippen LogP contribution in [-0.4, -0.2) is 25.7 Å². The summed E-state index contributed by atoms with van der Waals surface area (Å²) in [6.45, 7) is 0.362. The van der Waals surface area contributed by atoms with Crippen LogP contribution in [0.5, 0.6) is 0 Å². The zero-order valence-corrected chi connectivity index (χ0v) is 11.4. The summed E-state index contributed by atoms with van der Waals surface area (Å²) in [5.74, 6) is -0.415. The van der Waals surface area contributed by atoms with Gasteiger partial charge in [-0.15, -0.1) is 0 Å². The van der Waals surface area contributed by atoms with E-state index in [0.717, 1.165) is 11.4 Å². The first-order chi connectivity index (χ1) is 9.72. The predicted octanol–water partition coefficient (Wildman–Crippen LogP) is 2.33. The van der Waals surface area contributed by atoms with Crippen LogP contribution >= 0.6 is 0 Å². The lowest BCUT2D eigenvalue weighted by Gasteiger charge is -2.27. The topological polar surface area (TPSA) is 55.6 Å². The molecule has 0 saturated heterocycles. The number of methoxy groups -OCH3 is 1. The third-order valence-corrected chi connectivity index (χ3v) is 3.02. The van der Waals surface area contributed by atoms with Gasteiger partial charge in [-0.3, -0.25) is 4.79 Å². The molecule has 0 heterocycles. The first kappa shape index (κ1) is 14.1.